The van der Waals surface area contributed by atoms with Gasteiger partial charge in [-0.15, -0.1) is 0 Å². The van der Waals surface area contributed by atoms with E-state index in [2.05, 4.69) is 11.3 Å². The van der Waals surface area contributed by atoms with Crippen molar-refractivity contribution in [2.24, 2.45) is 11.8 Å². The highest BCUT2D eigenvalue weighted by Gasteiger charge is 2.48. The van der Waals surface area contributed by atoms with Crippen molar-refractivity contribution in [2.45, 2.75) is 44.2 Å². The van der Waals surface area contributed by atoms with E-state index in [-0.39, 0.29) is 0 Å². The summed E-state index contributed by atoms with van der Waals surface area (Å²) in [7, 11) is -2.98. The smallest absolute Gasteiger partial charge is 0.214 e. The summed E-state index contributed by atoms with van der Waals surface area (Å²) in [5.41, 5.74) is 0. The summed E-state index contributed by atoms with van der Waals surface area (Å²) in [4.78, 5) is 2.57. The number of hydrogen-bond donors (Lipinski definition) is 0. The Morgan fingerprint density at radius 1 is 1.00 bits per heavy atom. The molecule has 1 saturated carbocycles. The van der Waals surface area contributed by atoms with Gasteiger partial charge in [-0.05, 0) is 56.9 Å². The average Bonchev–Trinajstić information content (AvgIpc) is 2.79. The first-order valence-electron chi connectivity index (χ1n) is 7.72. The third-order valence-electron chi connectivity index (χ3n) is 5.55. The molecule has 3 saturated heterocycles. The van der Waals surface area contributed by atoms with Crippen LogP contribution in [0, 0.1) is 18.3 Å². The first-order chi connectivity index (χ1) is 9.13. The predicted molar refractivity (Wildman–Crippen MR) is 74.0 cm³/mol. The van der Waals surface area contributed by atoms with Crippen molar-refractivity contribution >= 4 is 10.0 Å². The Hall–Kier alpha value is -0.130. The zero-order valence-corrected chi connectivity index (χ0v) is 12.2. The summed E-state index contributed by atoms with van der Waals surface area (Å²) in [6, 6.07) is 1.53. The average molecular weight is 283 g/mol. The quantitative estimate of drug-likeness (QED) is 0.758. The van der Waals surface area contributed by atoms with Crippen LogP contribution in [0.25, 0.3) is 0 Å². The molecule has 0 amide bonds. The van der Waals surface area contributed by atoms with E-state index in [4.69, 9.17) is 0 Å². The molecular weight excluding hydrogens is 260 g/mol. The van der Waals surface area contributed by atoms with Crippen LogP contribution in [0.1, 0.15) is 32.1 Å². The van der Waals surface area contributed by atoms with Gasteiger partial charge in [-0.25, -0.2) is 12.7 Å². The monoisotopic (exact) mass is 283 g/mol. The number of piperidine rings is 1. The molecular formula is C14H23N2O2S. The zero-order valence-electron chi connectivity index (χ0n) is 11.4. The zero-order chi connectivity index (χ0) is 13.0. The maximum Gasteiger partial charge on any atom is 0.214 e. The van der Waals surface area contributed by atoms with Crippen molar-refractivity contribution in [1.29, 1.82) is 0 Å². The molecule has 4 aliphatic rings. The lowest BCUT2D eigenvalue weighted by Crippen LogP contribution is -2.35. The minimum absolute atomic E-state index is 0.350. The van der Waals surface area contributed by atoms with Crippen LogP contribution in [0.2, 0.25) is 0 Å². The molecule has 5 heteroatoms. The van der Waals surface area contributed by atoms with Gasteiger partial charge in [-0.3, -0.25) is 4.90 Å². The maximum absolute atomic E-state index is 12.2. The fourth-order valence-electron chi connectivity index (χ4n) is 4.36. The number of fused-ring (bicyclic) bond motifs is 3. The van der Waals surface area contributed by atoms with Gasteiger partial charge in [0.1, 0.15) is 0 Å². The van der Waals surface area contributed by atoms with Crippen LogP contribution in [-0.4, -0.2) is 55.1 Å². The van der Waals surface area contributed by atoms with Gasteiger partial charge in [0, 0.05) is 25.2 Å². The van der Waals surface area contributed by atoms with Crippen molar-refractivity contribution in [3.8, 4) is 0 Å². The Balaban J connectivity index is 1.28. The van der Waals surface area contributed by atoms with Gasteiger partial charge < -0.3 is 0 Å². The third kappa shape index (κ3) is 2.24. The molecule has 0 aromatic carbocycles. The van der Waals surface area contributed by atoms with E-state index in [1.165, 1.54) is 25.7 Å². The summed E-state index contributed by atoms with van der Waals surface area (Å²) in [6.07, 6.45) is 8.43. The Morgan fingerprint density at radius 2 is 1.58 bits per heavy atom. The van der Waals surface area contributed by atoms with E-state index in [0.29, 0.717) is 17.6 Å². The van der Waals surface area contributed by atoms with Gasteiger partial charge in [0.05, 0.1) is 5.75 Å². The molecule has 19 heavy (non-hydrogen) atoms. The van der Waals surface area contributed by atoms with Crippen molar-refractivity contribution in [1.82, 2.24) is 9.21 Å². The molecule has 3 heterocycles. The molecule has 4 nitrogen and oxygen atoms in total. The summed E-state index contributed by atoms with van der Waals surface area (Å²) in [5, 5.41) is 0. The van der Waals surface area contributed by atoms with Crippen LogP contribution in [-0.2, 0) is 10.0 Å². The van der Waals surface area contributed by atoms with Crippen LogP contribution >= 0.6 is 0 Å². The Kier molecular flexibility index (Phi) is 2.94. The Bertz CT molecular complexity index is 434. The topological polar surface area (TPSA) is 40.6 Å². The molecule has 4 fully saturated rings. The van der Waals surface area contributed by atoms with Crippen molar-refractivity contribution in [2.75, 3.05) is 25.4 Å². The SMILES string of the molecule is O=S(=O)(CCCN1C2CCC1CC2)N1C[C@H]2[CH][C@H]2C1. The highest BCUT2D eigenvalue weighted by Crippen LogP contribution is 2.44. The molecule has 4 rings (SSSR count). The minimum atomic E-state index is -2.98. The lowest BCUT2D eigenvalue weighted by atomic mass is 10.0. The van der Waals surface area contributed by atoms with Gasteiger partial charge >= 0.3 is 0 Å². The number of sulfonamides is 1. The second-order valence-electron chi connectivity index (χ2n) is 6.71. The molecule has 0 aromatic heterocycles. The van der Waals surface area contributed by atoms with Gasteiger partial charge in [0.25, 0.3) is 0 Å². The van der Waals surface area contributed by atoms with Crippen LogP contribution in [0.4, 0.5) is 0 Å². The molecule has 0 N–H and O–H groups in total. The lowest BCUT2D eigenvalue weighted by Gasteiger charge is -2.22. The van der Waals surface area contributed by atoms with Crippen LogP contribution < -0.4 is 0 Å². The third-order valence-corrected chi connectivity index (χ3v) is 7.44. The number of rotatable bonds is 5. The van der Waals surface area contributed by atoms with E-state index >= 15 is 0 Å². The van der Waals surface area contributed by atoms with E-state index in [0.717, 1.165) is 38.1 Å². The van der Waals surface area contributed by atoms with Crippen molar-refractivity contribution in [3.05, 3.63) is 6.42 Å². The molecule has 2 atom stereocenters. The van der Waals surface area contributed by atoms with Gasteiger partial charge in [-0.1, -0.05) is 0 Å². The van der Waals surface area contributed by atoms with Crippen LogP contribution in [0.5, 0.6) is 0 Å². The van der Waals surface area contributed by atoms with Gasteiger partial charge in [0.15, 0.2) is 0 Å². The van der Waals surface area contributed by atoms with Gasteiger partial charge in [-0.2, -0.15) is 0 Å². The molecule has 0 aromatic rings. The second-order valence-corrected chi connectivity index (χ2v) is 8.80. The van der Waals surface area contributed by atoms with Crippen molar-refractivity contribution in [3.63, 3.8) is 0 Å². The van der Waals surface area contributed by atoms with E-state index in [1.54, 1.807) is 4.31 Å². The fourth-order valence-corrected chi connectivity index (χ4v) is 5.91. The van der Waals surface area contributed by atoms with E-state index in [1.807, 2.05) is 0 Å². The van der Waals surface area contributed by atoms with E-state index < -0.39 is 10.0 Å². The largest absolute Gasteiger partial charge is 0.297 e. The number of hydrogen-bond acceptors (Lipinski definition) is 3. The number of nitrogens with zero attached hydrogens (tertiary/aromatic N) is 2. The van der Waals surface area contributed by atoms with E-state index in [9.17, 15) is 8.42 Å². The minimum Gasteiger partial charge on any atom is -0.297 e. The fraction of sp³-hybridized carbons (Fsp3) is 0.929. The molecule has 0 spiro atoms. The Labute approximate surface area is 116 Å². The molecule has 2 bridgehead atoms. The first kappa shape index (κ1) is 12.6. The molecule has 1 aliphatic carbocycles. The summed E-state index contributed by atoms with van der Waals surface area (Å²) in [6.45, 7) is 2.49. The molecule has 1 radical (unpaired) electrons. The van der Waals surface area contributed by atoms with Gasteiger partial charge in [0.2, 0.25) is 10.0 Å². The predicted octanol–water partition coefficient (Wildman–Crippen LogP) is 1.10. The van der Waals surface area contributed by atoms with Crippen LogP contribution in [0.3, 0.4) is 0 Å². The highest BCUT2D eigenvalue weighted by atomic mass is 32.2. The second kappa shape index (κ2) is 4.43. The molecule has 0 unspecified atom stereocenters. The standard InChI is InChI=1S/C14H23N2O2S/c17-19(18,15-9-11-8-12(11)10-15)7-1-6-16-13-2-3-14(16)5-4-13/h8,11-14H,1-7,9-10H2/t11-,12+,13?,14?. The normalized spacial score (nSPS) is 41.9. The molecule has 3 aliphatic heterocycles. The summed E-state index contributed by atoms with van der Waals surface area (Å²) in [5.74, 6) is 1.50. The maximum atomic E-state index is 12.2. The van der Waals surface area contributed by atoms with Crippen LogP contribution in [0.15, 0.2) is 0 Å². The summed E-state index contributed by atoms with van der Waals surface area (Å²) < 4.78 is 26.2. The Morgan fingerprint density at radius 3 is 2.16 bits per heavy atom. The lowest BCUT2D eigenvalue weighted by molar-refractivity contribution is 0.253. The van der Waals surface area contributed by atoms with Crippen molar-refractivity contribution < 1.29 is 8.42 Å². The highest BCUT2D eigenvalue weighted by molar-refractivity contribution is 7.89. The summed E-state index contributed by atoms with van der Waals surface area (Å²) >= 11 is 0. The molecule has 107 valence electrons. The first-order valence-corrected chi connectivity index (χ1v) is 9.33.